The Hall–Kier alpha value is -3.37. The molecule has 0 aromatic carbocycles. The molecule has 4 aromatic rings. The van der Waals surface area contributed by atoms with Crippen molar-refractivity contribution in [3.63, 3.8) is 0 Å². The average Bonchev–Trinajstić information content (AvgIpc) is 1.32. The van der Waals surface area contributed by atoms with E-state index in [0.29, 0.717) is 0 Å². The maximum Gasteiger partial charge on any atom is 0.492 e. The monoisotopic (exact) mass is 1560 g/mol. The van der Waals surface area contributed by atoms with Gasteiger partial charge in [-0.25, -0.2) is 27.4 Å². The van der Waals surface area contributed by atoms with Crippen LogP contribution >= 0.6 is 75.5 Å². The van der Waals surface area contributed by atoms with Gasteiger partial charge >= 0.3 is 53.0 Å². The van der Waals surface area contributed by atoms with Crippen molar-refractivity contribution < 1.29 is 179 Å². The molecule has 0 amide bonds. The van der Waals surface area contributed by atoms with Crippen LogP contribution in [0.3, 0.4) is 0 Å². The molecule has 0 spiro atoms. The van der Waals surface area contributed by atoms with Crippen LogP contribution in [0.25, 0.3) is 0 Å². The molecule has 536 valence electrons. The first-order valence-corrected chi connectivity index (χ1v) is 37.7. The van der Waals surface area contributed by atoms with Gasteiger partial charge in [0.2, 0.25) is 22.2 Å². The van der Waals surface area contributed by atoms with Gasteiger partial charge in [-0.15, -0.1) is 0 Å². The SMILES string of the molecule is O=c1ccc([C@@H]2O[C@H](CO)[C@H](O)C2O)c(F)[nH]1.O=c1ccc([C@@H]2O[C@H](COP(=O)(Cl)Cl)[C@H](O)C2O)c(F)[nH]1.O=c1ccc([C@@H]2O[C@H](COP(=O)(O)OP(=O)(O)OP(=O)(O)O)[C@H](O)C2O)c(F)[nH]1.O=c1ccc([C@@H]2O[C@H](COP3(=O)OP(=O)(O)OP(=O)(O)O3)[C@H](O)C2O)c(F)[nH]1. The first kappa shape index (κ1) is 80.6. The summed E-state index contributed by atoms with van der Waals surface area (Å²) in [6.45, 7) is -2.93. The minimum absolute atomic E-state index is 0.0629. The summed E-state index contributed by atoms with van der Waals surface area (Å²) in [5, 5.41) is 87.7. The lowest BCUT2D eigenvalue weighted by molar-refractivity contribution is -0.0242. The smallest absolute Gasteiger partial charge is 0.394 e. The Morgan fingerprint density at radius 1 is 0.442 bits per heavy atom. The van der Waals surface area contributed by atoms with E-state index in [-0.39, 0.29) is 22.3 Å². The van der Waals surface area contributed by atoms with Crippen molar-refractivity contribution >= 4 is 75.5 Å². The van der Waals surface area contributed by atoms with Gasteiger partial charge in [-0.1, -0.05) is 0 Å². The number of phosphoric acid groups is 6. The lowest BCUT2D eigenvalue weighted by Gasteiger charge is -2.27. The van der Waals surface area contributed by atoms with Crippen LogP contribution in [0.15, 0.2) is 67.7 Å². The summed E-state index contributed by atoms with van der Waals surface area (Å²) in [6.07, 6.45) is -26.8. The number of hydrogen-bond donors (Lipinski definition) is 19. The highest BCUT2D eigenvalue weighted by Gasteiger charge is 2.56. The quantitative estimate of drug-likeness (QED) is 0.0324. The number of hydrogen-bond acceptors (Lipinski definition) is 32. The van der Waals surface area contributed by atoms with E-state index in [9.17, 15) is 114 Å². The molecule has 4 aromatic heterocycles. The van der Waals surface area contributed by atoms with Crippen molar-refractivity contribution in [2.75, 3.05) is 26.4 Å². The molecule has 5 aliphatic heterocycles. The lowest BCUT2D eigenvalue weighted by atomic mass is 10.0. The molecule has 9 rings (SSSR count). The number of pyridine rings is 4. The summed E-state index contributed by atoms with van der Waals surface area (Å²) >= 11 is 10.4. The topological polar surface area (TPSA) is 665 Å². The van der Waals surface area contributed by atoms with Gasteiger partial charge in [0.05, 0.1) is 26.4 Å². The van der Waals surface area contributed by atoms with Gasteiger partial charge in [0.25, 0.3) is 0 Å². The molecule has 20 atom stereocenters. The van der Waals surface area contributed by atoms with Crippen molar-refractivity contribution in [2.45, 2.75) is 97.7 Å². The van der Waals surface area contributed by atoms with Gasteiger partial charge in [0.15, 0.2) is 23.8 Å². The van der Waals surface area contributed by atoms with Gasteiger partial charge in [0.1, 0.15) is 97.7 Å². The predicted octanol–water partition coefficient (Wildman–Crippen LogP) is -0.970. The first-order chi connectivity index (χ1) is 43.6. The second-order valence-electron chi connectivity index (χ2n) is 19.4. The molecule has 19 N–H and O–H groups in total. The first-order valence-electron chi connectivity index (χ1n) is 25.3. The number of rotatable bonds is 18. The van der Waals surface area contributed by atoms with Crippen LogP contribution in [-0.2, 0) is 86.0 Å². The number of H-pyrrole nitrogens is 4. The maximum atomic E-state index is 13.9. The number of aromatic nitrogens is 4. The third-order valence-corrected chi connectivity index (χ3v) is 22.9. The van der Waals surface area contributed by atoms with E-state index in [1.165, 1.54) is 6.07 Å². The van der Waals surface area contributed by atoms with E-state index in [4.69, 9.17) is 71.0 Å². The molecule has 0 aliphatic carbocycles. The molecule has 0 radical (unpaired) electrons. The number of aliphatic hydroxyl groups excluding tert-OH is 9. The fourth-order valence-electron chi connectivity index (χ4n) is 8.58. The molecule has 5 saturated heterocycles. The van der Waals surface area contributed by atoms with E-state index in [0.717, 1.165) is 42.5 Å². The molecule has 55 heteroatoms. The van der Waals surface area contributed by atoms with Gasteiger partial charge in [-0.05, 0) is 46.7 Å². The molecule has 8 unspecified atom stereocenters. The normalized spacial score (nSPS) is 34.4. The zero-order valence-corrected chi connectivity index (χ0v) is 54.0. The Balaban J connectivity index is 0.000000204. The highest BCUT2D eigenvalue weighted by Crippen LogP contribution is 2.80. The van der Waals surface area contributed by atoms with Crippen LogP contribution in [0.1, 0.15) is 46.7 Å². The molecule has 95 heavy (non-hydrogen) atoms. The highest BCUT2D eigenvalue weighted by molar-refractivity contribution is 8.05. The Kier molecular flexibility index (Phi) is 27.2. The van der Waals surface area contributed by atoms with E-state index in [2.05, 4.69) is 35.1 Å². The number of phosphoric ester groups is 1. The maximum absolute atomic E-state index is 13.9. The van der Waals surface area contributed by atoms with Gasteiger partial charge in [-0.3, -0.25) is 52.7 Å². The third-order valence-electron chi connectivity index (χ3n) is 12.7. The number of aliphatic hydroxyl groups is 9. The average molecular weight is 1560 g/mol. The van der Waals surface area contributed by atoms with Crippen molar-refractivity contribution in [1.29, 1.82) is 0 Å². The van der Waals surface area contributed by atoms with E-state index < -0.39 is 223 Å². The molecular formula is C40H51Cl2F4N4O38P7. The predicted molar refractivity (Wildman–Crippen MR) is 295 cm³/mol. The van der Waals surface area contributed by atoms with Crippen LogP contribution in [0.5, 0.6) is 0 Å². The standard InChI is InChI=1S/C10H11Cl2FNO6P.C10H15FNO14P3.C10H13FNO13P3.C10H12FNO5/c11-21(12,18)19-3-5-7(16)8(17)9(20-5)4-1-2-6(15)14-10(4)13;11-10-4(1-2-6(13)12-10)9-8(15)7(14)5(24-9)3-23-28(19,20)26-29(21,22)25-27(16,17)18;11-10-4(1-2-6(13)12-10)9-8(15)7(14)5(22-9)3-21-28(20)24-26(16,17)23-27(18,19)25-28;11-10-4(1-2-6(14)12-10)9-8(16)7(15)5(3-13)17-9/h1-2,5,7-9,16-17H,3H2,(H,14,15);1-2,5,7-9,14-15H,3H2,(H,12,13)(H,19,20)(H,21,22)(H2,16,17,18);1-2,5,7-9,14-15H,3H2,(H,12,13)(H,16,17)(H,18,19);1-2,5,7-9,13,15-16H,3H2,(H,12,14)/t4*5-,7+,8?,9+/m1111/s1. The molecule has 9 heterocycles. The van der Waals surface area contributed by atoms with Crippen LogP contribution in [0.2, 0.25) is 0 Å². The number of nitrogens with one attached hydrogen (secondary N) is 4. The summed E-state index contributed by atoms with van der Waals surface area (Å²) in [4.78, 5) is 105. The zero-order chi connectivity index (χ0) is 71.5. The van der Waals surface area contributed by atoms with Crippen molar-refractivity contribution in [3.05, 3.63) is 136 Å². The van der Waals surface area contributed by atoms with Crippen molar-refractivity contribution in [1.82, 2.24) is 19.9 Å². The Morgan fingerprint density at radius 3 is 1.02 bits per heavy atom. The summed E-state index contributed by atoms with van der Waals surface area (Å²) in [5.41, 5.74) is -3.68. The molecule has 0 saturated carbocycles. The van der Waals surface area contributed by atoms with Gasteiger partial charge in [-0.2, -0.15) is 39.1 Å². The van der Waals surface area contributed by atoms with Crippen LogP contribution in [0.4, 0.5) is 17.6 Å². The second-order valence-corrected chi connectivity index (χ2v) is 33.1. The summed E-state index contributed by atoms with van der Waals surface area (Å²) in [6, 6.07) is 8.29. The summed E-state index contributed by atoms with van der Waals surface area (Å²) in [5.74, 6) is -4.20. The fourth-order valence-corrected chi connectivity index (χ4v) is 17.2. The minimum Gasteiger partial charge on any atom is -0.394 e. The largest absolute Gasteiger partial charge is 0.492 e. The van der Waals surface area contributed by atoms with Crippen molar-refractivity contribution in [3.8, 4) is 0 Å². The molecular weight excluding hydrogens is 1510 g/mol. The Morgan fingerprint density at radius 2 is 0.737 bits per heavy atom. The highest BCUT2D eigenvalue weighted by atomic mass is 35.9. The Labute approximate surface area is 532 Å². The van der Waals surface area contributed by atoms with Gasteiger partial charge in [0, 0.05) is 46.5 Å². The number of aromatic amines is 4. The van der Waals surface area contributed by atoms with E-state index >= 15 is 0 Å². The van der Waals surface area contributed by atoms with Crippen LogP contribution in [0, 0.1) is 23.8 Å². The molecule has 42 nitrogen and oxygen atoms in total. The van der Waals surface area contributed by atoms with E-state index in [1.54, 1.807) is 4.98 Å². The fraction of sp³-hybridized carbons (Fsp3) is 0.500. The molecule has 5 aliphatic rings. The summed E-state index contributed by atoms with van der Waals surface area (Å²) < 4.78 is 187. The third kappa shape index (κ3) is 22.3. The van der Waals surface area contributed by atoms with Crippen LogP contribution in [-0.4, -0.2) is 195 Å². The zero-order valence-electron chi connectivity index (χ0n) is 46.2. The number of ether oxygens (including phenoxy) is 4. The second kappa shape index (κ2) is 32.1. The van der Waals surface area contributed by atoms with Crippen molar-refractivity contribution in [2.24, 2.45) is 0 Å². The molecule has 0 bridgehead atoms. The van der Waals surface area contributed by atoms with Crippen LogP contribution < -0.4 is 22.2 Å². The number of halogens is 6. The lowest BCUT2D eigenvalue weighted by Crippen LogP contribution is -2.33. The molecule has 5 fully saturated rings. The van der Waals surface area contributed by atoms with E-state index in [1.807, 2.05) is 15.0 Å². The Bertz CT molecular complexity index is 3950. The minimum atomic E-state index is -5.73. The van der Waals surface area contributed by atoms with Gasteiger partial charge < -0.3 is 98.8 Å². The summed E-state index contributed by atoms with van der Waals surface area (Å²) in [7, 11) is -32.4.